The van der Waals surface area contributed by atoms with Crippen molar-refractivity contribution in [2.24, 2.45) is 4.99 Å². The number of aliphatic imine (C=N–C) groups is 1. The summed E-state index contributed by atoms with van der Waals surface area (Å²) in [5.74, 6) is 0.151. The molecule has 0 saturated heterocycles. The number of aromatic nitrogens is 1. The summed E-state index contributed by atoms with van der Waals surface area (Å²) in [6.07, 6.45) is 2.58. The van der Waals surface area contributed by atoms with Crippen LogP contribution in [-0.2, 0) is 4.74 Å². The Morgan fingerprint density at radius 3 is 3.11 bits per heavy atom. The minimum absolute atomic E-state index is 0.151. The predicted octanol–water partition coefficient (Wildman–Crippen LogP) is 3.09. The lowest BCUT2D eigenvalue weighted by molar-refractivity contribution is 0.197. The number of aromatic hydroxyl groups is 1. The van der Waals surface area contributed by atoms with Crippen LogP contribution in [-0.4, -0.2) is 36.6 Å². The number of H-pyrrole nitrogens is 1. The number of rotatable bonds is 5. The Bertz CT molecular complexity index is 563. The third-order valence-corrected chi connectivity index (χ3v) is 3.13. The molecule has 1 aromatic carbocycles. The summed E-state index contributed by atoms with van der Waals surface area (Å²) >= 11 is 3.42. The summed E-state index contributed by atoms with van der Waals surface area (Å²) in [6.45, 7) is 1.39. The fourth-order valence-electron chi connectivity index (χ4n) is 1.76. The predicted molar refractivity (Wildman–Crippen MR) is 76.6 cm³/mol. The first kappa shape index (κ1) is 13.1. The van der Waals surface area contributed by atoms with E-state index in [1.807, 2.05) is 18.2 Å². The van der Waals surface area contributed by atoms with Gasteiger partial charge < -0.3 is 14.8 Å². The minimum Gasteiger partial charge on any atom is -0.494 e. The molecule has 0 fully saturated rings. The lowest BCUT2D eigenvalue weighted by Crippen LogP contribution is -1.91. The Balaban J connectivity index is 2.21. The van der Waals surface area contributed by atoms with E-state index in [9.17, 15) is 5.11 Å². The topological polar surface area (TPSA) is 57.6 Å². The van der Waals surface area contributed by atoms with Gasteiger partial charge in [-0.2, -0.15) is 0 Å². The lowest BCUT2D eigenvalue weighted by Gasteiger charge is -1.95. The van der Waals surface area contributed by atoms with Gasteiger partial charge in [-0.15, -0.1) is 0 Å². The molecule has 0 radical (unpaired) electrons. The molecule has 0 atom stereocenters. The Morgan fingerprint density at radius 1 is 1.50 bits per heavy atom. The highest BCUT2D eigenvalue weighted by Crippen LogP contribution is 2.28. The van der Waals surface area contributed by atoms with E-state index in [2.05, 4.69) is 25.9 Å². The third-order valence-electron chi connectivity index (χ3n) is 2.64. The number of fused-ring (bicyclic) bond motifs is 1. The molecular formula is C13H15BrN2O2. The van der Waals surface area contributed by atoms with Crippen LogP contribution in [0.5, 0.6) is 5.88 Å². The zero-order valence-corrected chi connectivity index (χ0v) is 11.7. The summed E-state index contributed by atoms with van der Waals surface area (Å²) in [4.78, 5) is 7.22. The fourth-order valence-corrected chi connectivity index (χ4v) is 2.12. The van der Waals surface area contributed by atoms with Crippen LogP contribution < -0.4 is 0 Å². The van der Waals surface area contributed by atoms with Gasteiger partial charge in [-0.05, 0) is 24.6 Å². The molecule has 1 aromatic heterocycles. The Morgan fingerprint density at radius 2 is 2.33 bits per heavy atom. The molecule has 18 heavy (non-hydrogen) atoms. The molecule has 2 rings (SSSR count). The summed E-state index contributed by atoms with van der Waals surface area (Å²) in [7, 11) is 1.67. The Hall–Kier alpha value is -1.33. The van der Waals surface area contributed by atoms with Crippen molar-refractivity contribution in [2.75, 3.05) is 20.3 Å². The molecule has 4 nitrogen and oxygen atoms in total. The molecule has 0 aliphatic rings. The average molecular weight is 311 g/mol. The largest absolute Gasteiger partial charge is 0.494 e. The Kier molecular flexibility index (Phi) is 4.38. The van der Waals surface area contributed by atoms with Crippen molar-refractivity contribution >= 4 is 33.0 Å². The van der Waals surface area contributed by atoms with E-state index in [4.69, 9.17) is 4.74 Å². The van der Waals surface area contributed by atoms with E-state index >= 15 is 0 Å². The number of hydrogen-bond acceptors (Lipinski definition) is 3. The standard InChI is InChI=1S/C13H15BrN2O2/c1-18-6-2-5-15-8-11-10-7-9(14)3-4-12(10)16-13(11)17/h3-4,7-8,16-17H,2,5-6H2,1H3. The number of benzene rings is 1. The number of nitrogens with zero attached hydrogens (tertiary/aromatic N) is 1. The highest BCUT2D eigenvalue weighted by atomic mass is 79.9. The second-order valence-electron chi connectivity index (χ2n) is 3.96. The summed E-state index contributed by atoms with van der Waals surface area (Å²) < 4.78 is 5.93. The molecule has 5 heteroatoms. The van der Waals surface area contributed by atoms with Crippen LogP contribution in [0.1, 0.15) is 12.0 Å². The average Bonchev–Trinajstić information content (AvgIpc) is 2.65. The number of ether oxygens (including phenoxy) is 1. The summed E-state index contributed by atoms with van der Waals surface area (Å²) in [6, 6.07) is 5.81. The molecule has 0 saturated carbocycles. The van der Waals surface area contributed by atoms with Crippen LogP contribution >= 0.6 is 15.9 Å². The molecule has 0 bridgehead atoms. The zero-order valence-electron chi connectivity index (χ0n) is 10.1. The first-order chi connectivity index (χ1) is 8.72. The van der Waals surface area contributed by atoms with Gasteiger partial charge in [0.05, 0.1) is 5.56 Å². The van der Waals surface area contributed by atoms with Gasteiger partial charge in [-0.1, -0.05) is 15.9 Å². The van der Waals surface area contributed by atoms with Gasteiger partial charge in [0.2, 0.25) is 0 Å². The summed E-state index contributed by atoms with van der Waals surface area (Å²) in [5, 5.41) is 10.8. The smallest absolute Gasteiger partial charge is 0.198 e. The van der Waals surface area contributed by atoms with Crippen LogP contribution in [0, 0.1) is 0 Å². The highest BCUT2D eigenvalue weighted by molar-refractivity contribution is 9.10. The fraction of sp³-hybridized carbons (Fsp3) is 0.308. The van der Waals surface area contributed by atoms with E-state index < -0.39 is 0 Å². The minimum atomic E-state index is 0.151. The molecule has 0 amide bonds. The quantitative estimate of drug-likeness (QED) is 0.658. The van der Waals surface area contributed by atoms with E-state index in [1.165, 1.54) is 0 Å². The number of nitrogens with one attached hydrogen (secondary N) is 1. The number of hydrogen-bond donors (Lipinski definition) is 2. The summed E-state index contributed by atoms with van der Waals surface area (Å²) in [5.41, 5.74) is 1.62. The van der Waals surface area contributed by atoms with E-state index in [0.29, 0.717) is 13.2 Å². The molecule has 2 N–H and O–H groups in total. The molecule has 1 heterocycles. The number of aromatic amines is 1. The third kappa shape index (κ3) is 2.91. The van der Waals surface area contributed by atoms with Gasteiger partial charge in [0.1, 0.15) is 0 Å². The maximum absolute atomic E-state index is 9.84. The lowest BCUT2D eigenvalue weighted by atomic mass is 10.2. The molecular weight excluding hydrogens is 296 g/mol. The second kappa shape index (κ2) is 6.02. The Labute approximate surface area is 114 Å². The van der Waals surface area contributed by atoms with Gasteiger partial charge in [-0.3, -0.25) is 4.99 Å². The van der Waals surface area contributed by atoms with Crippen LogP contribution in [0.2, 0.25) is 0 Å². The normalized spacial score (nSPS) is 11.7. The maximum Gasteiger partial charge on any atom is 0.198 e. The highest BCUT2D eigenvalue weighted by Gasteiger charge is 2.08. The van der Waals surface area contributed by atoms with Crippen LogP contribution in [0.15, 0.2) is 27.7 Å². The monoisotopic (exact) mass is 310 g/mol. The van der Waals surface area contributed by atoms with Crippen molar-refractivity contribution in [3.8, 4) is 5.88 Å². The van der Waals surface area contributed by atoms with E-state index in [-0.39, 0.29) is 5.88 Å². The van der Waals surface area contributed by atoms with Crippen LogP contribution in [0.4, 0.5) is 0 Å². The van der Waals surface area contributed by atoms with Gasteiger partial charge in [0, 0.05) is 41.9 Å². The van der Waals surface area contributed by atoms with Crippen molar-refractivity contribution in [1.29, 1.82) is 0 Å². The van der Waals surface area contributed by atoms with Crippen molar-refractivity contribution in [3.05, 3.63) is 28.2 Å². The molecule has 0 aliphatic carbocycles. The van der Waals surface area contributed by atoms with Gasteiger partial charge >= 0.3 is 0 Å². The molecule has 96 valence electrons. The number of methoxy groups -OCH3 is 1. The van der Waals surface area contributed by atoms with Crippen molar-refractivity contribution in [1.82, 2.24) is 4.98 Å². The van der Waals surface area contributed by atoms with Crippen molar-refractivity contribution < 1.29 is 9.84 Å². The molecule has 0 unspecified atom stereocenters. The van der Waals surface area contributed by atoms with Crippen LogP contribution in [0.3, 0.4) is 0 Å². The van der Waals surface area contributed by atoms with E-state index in [0.717, 1.165) is 27.4 Å². The molecule has 0 aliphatic heterocycles. The van der Waals surface area contributed by atoms with Crippen LogP contribution in [0.25, 0.3) is 10.9 Å². The first-order valence-electron chi connectivity index (χ1n) is 5.71. The van der Waals surface area contributed by atoms with Gasteiger partial charge in [0.25, 0.3) is 0 Å². The van der Waals surface area contributed by atoms with E-state index in [1.54, 1.807) is 13.3 Å². The first-order valence-corrected chi connectivity index (χ1v) is 6.50. The zero-order chi connectivity index (χ0) is 13.0. The van der Waals surface area contributed by atoms with Gasteiger partial charge in [0.15, 0.2) is 5.88 Å². The molecule has 2 aromatic rings. The second-order valence-corrected chi connectivity index (χ2v) is 4.87. The molecule has 0 spiro atoms. The van der Waals surface area contributed by atoms with Crippen molar-refractivity contribution in [2.45, 2.75) is 6.42 Å². The maximum atomic E-state index is 9.84. The number of halogens is 1. The SMILES string of the molecule is COCCCN=Cc1c(O)[nH]c2ccc(Br)cc12. The van der Waals surface area contributed by atoms with Crippen molar-refractivity contribution in [3.63, 3.8) is 0 Å². The van der Waals surface area contributed by atoms with Gasteiger partial charge in [-0.25, -0.2) is 0 Å².